The Kier molecular flexibility index (Phi) is 7.04. The number of alkyl halides is 3. The molecule has 3 aromatic rings. The summed E-state index contributed by atoms with van der Waals surface area (Å²) in [6.45, 7) is 0. The summed E-state index contributed by atoms with van der Waals surface area (Å²) in [6, 6.07) is 15.7. The lowest BCUT2D eigenvalue weighted by Gasteiger charge is -2.34. The van der Waals surface area contributed by atoms with Gasteiger partial charge in [0, 0.05) is 24.0 Å². The van der Waals surface area contributed by atoms with Crippen molar-refractivity contribution in [2.24, 2.45) is 0 Å². The highest BCUT2D eigenvalue weighted by molar-refractivity contribution is 6.06. The van der Waals surface area contributed by atoms with Gasteiger partial charge in [0.15, 0.2) is 5.78 Å². The number of ketones is 1. The fraction of sp³-hybridized carbons (Fsp3) is 0.222. The van der Waals surface area contributed by atoms with E-state index in [1.807, 2.05) is 6.07 Å². The van der Waals surface area contributed by atoms with Crippen LogP contribution in [0.1, 0.15) is 34.3 Å². The molecule has 192 valence electrons. The van der Waals surface area contributed by atoms with Crippen LogP contribution in [0.5, 0.6) is 0 Å². The number of ether oxygens (including phenoxy) is 1. The Morgan fingerprint density at radius 3 is 2.30 bits per heavy atom. The SMILES string of the molecule is CO[C@@]1(CC(=O)O)CCc2cc(-c3ccc(NC(=O)Nc4cccc(C(F)(F)F)c4)cc3)ccc2C1=O. The second kappa shape index (κ2) is 10.1. The first-order valence-electron chi connectivity index (χ1n) is 11.3. The number of carbonyl (C=O) groups is 3. The standard InChI is InChI=1S/C27H23F3N2O5/c1-37-26(15-23(33)34)12-11-18-13-17(7-10-22(18)24(26)35)16-5-8-20(9-6-16)31-25(36)32-21-4-2-3-19(14-21)27(28,29)30/h2-10,13-14H,11-12,15H2,1H3,(H,33,34)(H2,31,32,36)/t26-/m1/s1. The number of methoxy groups -OCH3 is 1. The third-order valence-corrected chi connectivity index (χ3v) is 6.31. The van der Waals surface area contributed by atoms with Crippen LogP contribution in [-0.4, -0.2) is 35.6 Å². The normalized spacial score (nSPS) is 17.1. The summed E-state index contributed by atoms with van der Waals surface area (Å²) >= 11 is 0. The van der Waals surface area contributed by atoms with Gasteiger partial charge >= 0.3 is 18.2 Å². The Morgan fingerprint density at radius 1 is 0.973 bits per heavy atom. The van der Waals surface area contributed by atoms with Crippen LogP contribution in [0.25, 0.3) is 11.1 Å². The summed E-state index contributed by atoms with van der Waals surface area (Å²) in [5.74, 6) is -1.45. The zero-order valence-corrected chi connectivity index (χ0v) is 19.7. The van der Waals surface area contributed by atoms with Crippen LogP contribution in [0, 0.1) is 0 Å². The van der Waals surface area contributed by atoms with Crippen molar-refractivity contribution >= 4 is 29.2 Å². The van der Waals surface area contributed by atoms with E-state index in [9.17, 15) is 32.7 Å². The first-order valence-corrected chi connectivity index (χ1v) is 11.3. The van der Waals surface area contributed by atoms with Gasteiger partial charge in [-0.3, -0.25) is 9.59 Å². The zero-order chi connectivity index (χ0) is 26.8. The minimum absolute atomic E-state index is 0.00778. The van der Waals surface area contributed by atoms with Gasteiger partial charge in [0.05, 0.1) is 12.0 Å². The van der Waals surface area contributed by atoms with E-state index in [1.165, 1.54) is 19.2 Å². The number of fused-ring (bicyclic) bond motifs is 1. The first kappa shape index (κ1) is 25.9. The number of hydrogen-bond donors (Lipinski definition) is 3. The number of carboxylic acid groups (broad SMARTS) is 1. The fourth-order valence-electron chi connectivity index (χ4n) is 4.39. The lowest BCUT2D eigenvalue weighted by molar-refractivity contribution is -0.142. The molecule has 0 saturated heterocycles. The van der Waals surface area contributed by atoms with Crippen molar-refractivity contribution in [3.05, 3.63) is 83.4 Å². The van der Waals surface area contributed by atoms with E-state index in [2.05, 4.69) is 10.6 Å². The third-order valence-electron chi connectivity index (χ3n) is 6.31. The van der Waals surface area contributed by atoms with E-state index in [4.69, 9.17) is 4.74 Å². The predicted octanol–water partition coefficient (Wildman–Crippen LogP) is 6.01. The molecule has 1 atom stereocenters. The van der Waals surface area contributed by atoms with E-state index < -0.39 is 35.8 Å². The van der Waals surface area contributed by atoms with Gasteiger partial charge in [-0.1, -0.05) is 36.4 Å². The number of carbonyl (C=O) groups excluding carboxylic acids is 2. The summed E-state index contributed by atoms with van der Waals surface area (Å²) < 4.78 is 44.0. The van der Waals surface area contributed by atoms with Gasteiger partial charge in [0.1, 0.15) is 5.60 Å². The molecule has 0 bridgehead atoms. The number of hydrogen-bond acceptors (Lipinski definition) is 4. The van der Waals surface area contributed by atoms with Crippen molar-refractivity contribution in [3.63, 3.8) is 0 Å². The monoisotopic (exact) mass is 512 g/mol. The maximum absolute atomic E-state index is 13.0. The smallest absolute Gasteiger partial charge is 0.416 e. The molecule has 0 aromatic heterocycles. The second-order valence-corrected chi connectivity index (χ2v) is 8.71. The van der Waals surface area contributed by atoms with Gasteiger partial charge in [-0.2, -0.15) is 13.2 Å². The van der Waals surface area contributed by atoms with Gasteiger partial charge in [-0.15, -0.1) is 0 Å². The largest absolute Gasteiger partial charge is 0.481 e. The van der Waals surface area contributed by atoms with Crippen LogP contribution in [0.2, 0.25) is 0 Å². The number of Topliss-reactive ketones (excluding diaryl/α,β-unsaturated/α-hetero) is 1. The Balaban J connectivity index is 1.45. The summed E-state index contributed by atoms with van der Waals surface area (Å²) in [6.07, 6.45) is -4.18. The lowest BCUT2D eigenvalue weighted by Crippen LogP contribution is -2.46. The van der Waals surface area contributed by atoms with Gasteiger partial charge < -0.3 is 20.5 Å². The van der Waals surface area contributed by atoms with Crippen LogP contribution in [0.3, 0.4) is 0 Å². The molecule has 0 heterocycles. The van der Waals surface area contributed by atoms with E-state index in [0.29, 0.717) is 17.7 Å². The fourth-order valence-corrected chi connectivity index (χ4v) is 4.39. The number of carboxylic acids is 1. The molecule has 0 fully saturated rings. The average molecular weight is 512 g/mol. The molecule has 0 unspecified atom stereocenters. The summed E-state index contributed by atoms with van der Waals surface area (Å²) in [7, 11) is 1.34. The molecule has 1 aliphatic rings. The number of nitrogens with one attached hydrogen (secondary N) is 2. The van der Waals surface area contributed by atoms with Gasteiger partial charge in [0.25, 0.3) is 0 Å². The Labute approximate surface area is 210 Å². The highest BCUT2D eigenvalue weighted by Gasteiger charge is 2.44. The van der Waals surface area contributed by atoms with Crippen molar-refractivity contribution in [2.45, 2.75) is 31.0 Å². The van der Waals surface area contributed by atoms with Crippen molar-refractivity contribution in [2.75, 3.05) is 17.7 Å². The number of benzene rings is 3. The molecule has 10 heteroatoms. The van der Waals surface area contributed by atoms with Crippen LogP contribution in [0.15, 0.2) is 66.7 Å². The average Bonchev–Trinajstić information content (AvgIpc) is 2.85. The van der Waals surface area contributed by atoms with Gasteiger partial charge in [0.2, 0.25) is 0 Å². The highest BCUT2D eigenvalue weighted by atomic mass is 19.4. The summed E-state index contributed by atoms with van der Waals surface area (Å²) in [4.78, 5) is 36.5. The van der Waals surface area contributed by atoms with Crippen molar-refractivity contribution < 1.29 is 37.4 Å². The molecule has 0 aliphatic heterocycles. The Hall–Kier alpha value is -4.18. The third kappa shape index (κ3) is 5.64. The number of aryl methyl sites for hydroxylation is 1. The Bertz CT molecular complexity index is 1350. The number of aliphatic carboxylic acids is 1. The van der Waals surface area contributed by atoms with Crippen LogP contribution in [0.4, 0.5) is 29.3 Å². The molecule has 2 amide bonds. The maximum atomic E-state index is 13.0. The number of urea groups is 1. The Morgan fingerprint density at radius 2 is 1.65 bits per heavy atom. The maximum Gasteiger partial charge on any atom is 0.416 e. The molecule has 1 aliphatic carbocycles. The van der Waals surface area contributed by atoms with E-state index in [-0.39, 0.29) is 17.9 Å². The van der Waals surface area contributed by atoms with Gasteiger partial charge in [-0.25, -0.2) is 4.79 Å². The molecular formula is C27H23F3N2O5. The van der Waals surface area contributed by atoms with E-state index in [0.717, 1.165) is 28.8 Å². The minimum Gasteiger partial charge on any atom is -0.481 e. The van der Waals surface area contributed by atoms with Crippen LogP contribution in [-0.2, 0) is 22.1 Å². The number of anilines is 2. The molecule has 4 rings (SSSR count). The lowest BCUT2D eigenvalue weighted by atomic mass is 9.76. The molecule has 3 aromatic carbocycles. The van der Waals surface area contributed by atoms with Crippen molar-refractivity contribution in [3.8, 4) is 11.1 Å². The molecule has 0 saturated carbocycles. The molecule has 0 spiro atoms. The zero-order valence-electron chi connectivity index (χ0n) is 19.7. The molecule has 37 heavy (non-hydrogen) atoms. The first-order chi connectivity index (χ1) is 17.5. The number of rotatable bonds is 6. The second-order valence-electron chi connectivity index (χ2n) is 8.71. The van der Waals surface area contributed by atoms with E-state index in [1.54, 1.807) is 36.4 Å². The van der Waals surface area contributed by atoms with Crippen LogP contribution < -0.4 is 10.6 Å². The molecule has 0 radical (unpaired) electrons. The van der Waals surface area contributed by atoms with Crippen molar-refractivity contribution in [1.82, 2.24) is 0 Å². The van der Waals surface area contributed by atoms with Gasteiger partial charge in [-0.05, 0) is 59.9 Å². The molecule has 7 nitrogen and oxygen atoms in total. The van der Waals surface area contributed by atoms with Crippen molar-refractivity contribution in [1.29, 1.82) is 0 Å². The van der Waals surface area contributed by atoms with E-state index >= 15 is 0 Å². The topological polar surface area (TPSA) is 105 Å². The summed E-state index contributed by atoms with van der Waals surface area (Å²) in [5.41, 5.74) is 1.07. The summed E-state index contributed by atoms with van der Waals surface area (Å²) in [5, 5.41) is 14.2. The predicted molar refractivity (Wildman–Crippen MR) is 131 cm³/mol. The highest BCUT2D eigenvalue weighted by Crippen LogP contribution is 2.36. The number of amides is 2. The quantitative estimate of drug-likeness (QED) is 0.376. The minimum atomic E-state index is -4.51. The number of halogens is 3. The molecule has 3 N–H and O–H groups in total. The van der Waals surface area contributed by atoms with Crippen LogP contribution >= 0.6 is 0 Å². The molecular weight excluding hydrogens is 489 g/mol.